The molecule has 14 heavy (non-hydrogen) atoms. The first-order valence-electron chi connectivity index (χ1n) is 3.64. The molecule has 0 aliphatic carbocycles. The first kappa shape index (κ1) is 10.6. The third-order valence-corrected chi connectivity index (χ3v) is 3.09. The van der Waals surface area contributed by atoms with Crippen LogP contribution in [0.1, 0.15) is 5.56 Å². The van der Waals surface area contributed by atoms with Crippen LogP contribution >= 0.6 is 0 Å². The van der Waals surface area contributed by atoms with Gasteiger partial charge in [-0.3, -0.25) is 0 Å². The minimum absolute atomic E-state index is 0.209. The molecule has 1 N–H and O–H groups in total. The van der Waals surface area contributed by atoms with Gasteiger partial charge in [-0.25, -0.2) is 17.5 Å². The van der Waals surface area contributed by atoms with Crippen LogP contribution in [-0.2, 0) is 10.0 Å². The molecule has 6 heteroatoms. The summed E-state index contributed by atoms with van der Waals surface area (Å²) in [5.41, 5.74) is -0.209. The fraction of sp³-hybridized carbons (Fsp3) is 0.125. The summed E-state index contributed by atoms with van der Waals surface area (Å²) in [6.45, 7) is 0. The molecule has 1 rings (SSSR count). The highest BCUT2D eigenvalue weighted by Gasteiger charge is 2.16. The van der Waals surface area contributed by atoms with E-state index in [1.807, 2.05) is 0 Å². The molecule has 0 heterocycles. The molecule has 74 valence electrons. The molecular weight excluding hydrogens is 207 g/mol. The second-order valence-corrected chi connectivity index (χ2v) is 4.31. The molecule has 0 saturated heterocycles. The van der Waals surface area contributed by atoms with E-state index in [9.17, 15) is 12.8 Å². The highest BCUT2D eigenvalue weighted by molar-refractivity contribution is 7.89. The van der Waals surface area contributed by atoms with Gasteiger partial charge in [0.25, 0.3) is 0 Å². The van der Waals surface area contributed by atoms with Crippen LogP contribution in [-0.4, -0.2) is 15.5 Å². The standard InChI is InChI=1S/C8H7FN2O2S/c1-11-14(12,13)8-3-2-7(9)4-6(8)5-10/h2-4,11H,1H3. The Morgan fingerprint density at radius 1 is 1.50 bits per heavy atom. The first-order chi connectivity index (χ1) is 6.51. The highest BCUT2D eigenvalue weighted by atomic mass is 32.2. The van der Waals surface area contributed by atoms with Crippen LogP contribution in [0.2, 0.25) is 0 Å². The van der Waals surface area contributed by atoms with Gasteiger partial charge >= 0.3 is 0 Å². The molecule has 4 nitrogen and oxygen atoms in total. The van der Waals surface area contributed by atoms with E-state index in [0.29, 0.717) is 0 Å². The van der Waals surface area contributed by atoms with Crippen molar-refractivity contribution >= 4 is 10.0 Å². The Hall–Kier alpha value is -1.45. The third-order valence-electron chi connectivity index (χ3n) is 1.62. The second-order valence-electron chi connectivity index (χ2n) is 2.46. The highest BCUT2D eigenvalue weighted by Crippen LogP contribution is 2.15. The molecule has 0 unspecified atom stereocenters. The van der Waals surface area contributed by atoms with Gasteiger partial charge in [0.2, 0.25) is 10.0 Å². The number of nitriles is 1. The van der Waals surface area contributed by atoms with Crippen molar-refractivity contribution in [3.63, 3.8) is 0 Å². The quantitative estimate of drug-likeness (QED) is 0.783. The molecule has 0 spiro atoms. The van der Waals surface area contributed by atoms with Crippen LogP contribution in [0.15, 0.2) is 23.1 Å². The molecule has 1 aromatic carbocycles. The molecule has 0 saturated carbocycles. The monoisotopic (exact) mass is 214 g/mol. The number of benzene rings is 1. The Morgan fingerprint density at radius 2 is 2.14 bits per heavy atom. The van der Waals surface area contributed by atoms with Gasteiger partial charge in [-0.2, -0.15) is 5.26 Å². The molecule has 0 amide bonds. The Morgan fingerprint density at radius 3 is 2.64 bits per heavy atom. The van der Waals surface area contributed by atoms with Crippen molar-refractivity contribution < 1.29 is 12.8 Å². The zero-order valence-corrected chi connectivity index (χ0v) is 8.10. The summed E-state index contributed by atoms with van der Waals surface area (Å²) in [4.78, 5) is -0.219. The van der Waals surface area contributed by atoms with Crippen LogP contribution in [0.3, 0.4) is 0 Å². The molecular formula is C8H7FN2O2S. The average molecular weight is 214 g/mol. The molecule has 0 radical (unpaired) electrons. The summed E-state index contributed by atoms with van der Waals surface area (Å²) in [5, 5.41) is 8.59. The van der Waals surface area contributed by atoms with Gasteiger partial charge in [0.05, 0.1) is 10.5 Å². The molecule has 0 bridgehead atoms. The van der Waals surface area contributed by atoms with Crippen molar-refractivity contribution in [3.8, 4) is 6.07 Å². The van der Waals surface area contributed by atoms with E-state index in [-0.39, 0.29) is 10.5 Å². The lowest BCUT2D eigenvalue weighted by molar-refractivity contribution is 0.587. The lowest BCUT2D eigenvalue weighted by Gasteiger charge is -2.03. The number of rotatable bonds is 2. The van der Waals surface area contributed by atoms with Gasteiger partial charge in [0, 0.05) is 0 Å². The molecule has 1 aromatic rings. The van der Waals surface area contributed by atoms with Crippen LogP contribution in [0.4, 0.5) is 4.39 Å². The van der Waals surface area contributed by atoms with Crippen LogP contribution < -0.4 is 4.72 Å². The van der Waals surface area contributed by atoms with E-state index in [4.69, 9.17) is 5.26 Å². The normalized spacial score (nSPS) is 10.9. The Labute approximate surface area is 81.0 Å². The number of hydrogen-bond donors (Lipinski definition) is 1. The third kappa shape index (κ3) is 1.89. The molecule has 0 atom stereocenters. The minimum atomic E-state index is -3.70. The summed E-state index contributed by atoms with van der Waals surface area (Å²) in [5.74, 6) is -0.642. The maximum Gasteiger partial charge on any atom is 0.241 e. The van der Waals surface area contributed by atoms with Crippen molar-refractivity contribution in [2.45, 2.75) is 4.90 Å². The van der Waals surface area contributed by atoms with Crippen molar-refractivity contribution in [1.82, 2.24) is 4.72 Å². The lowest BCUT2D eigenvalue weighted by atomic mass is 10.2. The Kier molecular flexibility index (Phi) is 2.84. The van der Waals surface area contributed by atoms with Crippen LogP contribution in [0, 0.1) is 17.1 Å². The fourth-order valence-electron chi connectivity index (χ4n) is 0.934. The van der Waals surface area contributed by atoms with Gasteiger partial charge < -0.3 is 0 Å². The van der Waals surface area contributed by atoms with E-state index in [0.717, 1.165) is 18.2 Å². The number of halogens is 1. The first-order valence-corrected chi connectivity index (χ1v) is 5.13. The van der Waals surface area contributed by atoms with Crippen molar-refractivity contribution in [1.29, 1.82) is 5.26 Å². The lowest BCUT2D eigenvalue weighted by Crippen LogP contribution is -2.19. The Balaban J connectivity index is 3.45. The number of sulfonamides is 1. The SMILES string of the molecule is CNS(=O)(=O)c1ccc(F)cc1C#N. The van der Waals surface area contributed by atoms with Gasteiger partial charge in [-0.05, 0) is 25.2 Å². The van der Waals surface area contributed by atoms with Gasteiger partial charge in [-0.1, -0.05) is 0 Å². The smallest absolute Gasteiger partial charge is 0.214 e. The largest absolute Gasteiger partial charge is 0.241 e. The van der Waals surface area contributed by atoms with E-state index >= 15 is 0 Å². The zero-order chi connectivity index (χ0) is 10.8. The van der Waals surface area contributed by atoms with E-state index in [1.165, 1.54) is 7.05 Å². The summed E-state index contributed by atoms with van der Waals surface area (Å²) in [6, 6.07) is 4.54. The van der Waals surface area contributed by atoms with Gasteiger partial charge in [0.15, 0.2) is 0 Å². The summed E-state index contributed by atoms with van der Waals surface area (Å²) in [7, 11) is -2.47. The predicted molar refractivity (Wildman–Crippen MR) is 47.4 cm³/mol. The van der Waals surface area contributed by atoms with Crippen molar-refractivity contribution in [2.75, 3.05) is 7.05 Å². The zero-order valence-electron chi connectivity index (χ0n) is 7.28. The van der Waals surface area contributed by atoms with Gasteiger partial charge in [0.1, 0.15) is 11.9 Å². The summed E-state index contributed by atoms with van der Waals surface area (Å²) < 4.78 is 37.3. The maximum atomic E-state index is 12.7. The topological polar surface area (TPSA) is 70.0 Å². The Bertz CT molecular complexity index is 491. The van der Waals surface area contributed by atoms with Gasteiger partial charge in [-0.15, -0.1) is 0 Å². The number of hydrogen-bond acceptors (Lipinski definition) is 3. The molecule has 0 aromatic heterocycles. The second kappa shape index (κ2) is 3.74. The summed E-state index contributed by atoms with van der Waals surface area (Å²) in [6.07, 6.45) is 0. The fourth-order valence-corrected chi connectivity index (χ4v) is 1.80. The average Bonchev–Trinajstić information content (AvgIpc) is 2.17. The number of nitrogens with zero attached hydrogens (tertiary/aromatic N) is 1. The van der Waals surface area contributed by atoms with Crippen molar-refractivity contribution in [2.24, 2.45) is 0 Å². The van der Waals surface area contributed by atoms with E-state index in [1.54, 1.807) is 6.07 Å². The van der Waals surface area contributed by atoms with Crippen molar-refractivity contribution in [3.05, 3.63) is 29.6 Å². The number of nitrogens with one attached hydrogen (secondary N) is 1. The van der Waals surface area contributed by atoms with Crippen LogP contribution in [0.25, 0.3) is 0 Å². The van der Waals surface area contributed by atoms with E-state index in [2.05, 4.69) is 4.72 Å². The molecule has 0 fully saturated rings. The molecule has 0 aliphatic heterocycles. The maximum absolute atomic E-state index is 12.7. The summed E-state index contributed by atoms with van der Waals surface area (Å²) >= 11 is 0. The van der Waals surface area contributed by atoms with Crippen LogP contribution in [0.5, 0.6) is 0 Å². The molecule has 0 aliphatic rings. The predicted octanol–water partition coefficient (Wildman–Crippen LogP) is 0.605. The minimum Gasteiger partial charge on any atom is -0.214 e. The van der Waals surface area contributed by atoms with E-state index < -0.39 is 15.8 Å².